The molecule has 0 amide bonds. The maximum Gasteiger partial charge on any atom is 0.175 e. The molecule has 2 aromatic carbocycles. The number of aromatic nitrogens is 5. The second kappa shape index (κ2) is 10.9. The molecule has 0 saturated heterocycles. The van der Waals surface area contributed by atoms with Crippen LogP contribution < -0.4 is 20.7 Å². The molecule has 0 fully saturated rings. The van der Waals surface area contributed by atoms with Gasteiger partial charge in [0.25, 0.3) is 0 Å². The minimum absolute atomic E-state index is 0.426. The number of nitrogens with one attached hydrogen (secondary N) is 3. The lowest BCUT2D eigenvalue weighted by Crippen LogP contribution is -2.19. The Morgan fingerprint density at radius 3 is 2.76 bits per heavy atom. The zero-order valence-electron chi connectivity index (χ0n) is 20.1. The number of methoxy groups -OCH3 is 1. The minimum atomic E-state index is 0.426. The molecular weight excluding hydrogens is 552 g/mol. The number of halogens is 1. The van der Waals surface area contributed by atoms with E-state index in [1.165, 1.54) is 0 Å². The Labute approximate surface area is 227 Å². The number of hydrogen-bond donors (Lipinski definition) is 3. The van der Waals surface area contributed by atoms with Gasteiger partial charge >= 0.3 is 0 Å². The van der Waals surface area contributed by atoms with E-state index < -0.39 is 0 Å². The van der Waals surface area contributed by atoms with Crippen molar-refractivity contribution in [2.24, 2.45) is 7.05 Å². The normalized spacial score (nSPS) is 10.8. The summed E-state index contributed by atoms with van der Waals surface area (Å²) < 4.78 is 8.07. The Kier molecular flexibility index (Phi) is 7.24. The SMILES string of the molecule is COc1ccc(Br)cc1NC(=S)Nc1cccc(-c2nc(NCc3cccnc3)c3cnn(C)c3n2)c1. The Hall–Kier alpha value is -4.09. The molecule has 0 atom stereocenters. The van der Waals surface area contributed by atoms with Gasteiger partial charge in [-0.2, -0.15) is 5.10 Å². The zero-order chi connectivity index (χ0) is 25.8. The quantitative estimate of drug-likeness (QED) is 0.214. The Morgan fingerprint density at radius 2 is 1.95 bits per heavy atom. The summed E-state index contributed by atoms with van der Waals surface area (Å²) in [6.45, 7) is 0.578. The van der Waals surface area contributed by atoms with Gasteiger partial charge in [-0.05, 0) is 54.2 Å². The molecule has 3 aromatic heterocycles. The van der Waals surface area contributed by atoms with Gasteiger partial charge in [0, 0.05) is 41.7 Å². The van der Waals surface area contributed by atoms with E-state index in [0.717, 1.165) is 38.0 Å². The fourth-order valence-electron chi connectivity index (χ4n) is 3.77. The molecule has 0 saturated carbocycles. The fourth-order valence-corrected chi connectivity index (χ4v) is 4.36. The Balaban J connectivity index is 1.40. The number of thiocarbonyl (C=S) groups is 1. The van der Waals surface area contributed by atoms with Crippen LogP contribution in [0.15, 0.2) is 77.7 Å². The Bertz CT molecular complexity index is 1570. The van der Waals surface area contributed by atoms with E-state index in [9.17, 15) is 0 Å². The number of benzene rings is 2. The van der Waals surface area contributed by atoms with Gasteiger partial charge in [0.15, 0.2) is 16.6 Å². The predicted molar refractivity (Wildman–Crippen MR) is 154 cm³/mol. The van der Waals surface area contributed by atoms with E-state index >= 15 is 0 Å². The first-order valence-electron chi connectivity index (χ1n) is 11.3. The first-order valence-corrected chi connectivity index (χ1v) is 12.5. The van der Waals surface area contributed by atoms with Crippen molar-refractivity contribution in [3.63, 3.8) is 0 Å². The van der Waals surface area contributed by atoms with Crippen molar-refractivity contribution in [1.29, 1.82) is 0 Å². The van der Waals surface area contributed by atoms with Crippen LogP contribution in [-0.4, -0.2) is 37.0 Å². The van der Waals surface area contributed by atoms with E-state index in [2.05, 4.69) is 42.0 Å². The molecule has 11 heteroatoms. The van der Waals surface area contributed by atoms with Gasteiger partial charge in [0.1, 0.15) is 11.6 Å². The van der Waals surface area contributed by atoms with Gasteiger partial charge in [0.2, 0.25) is 0 Å². The smallest absolute Gasteiger partial charge is 0.175 e. The van der Waals surface area contributed by atoms with Crippen LogP contribution in [0.2, 0.25) is 0 Å². The first kappa shape index (κ1) is 24.6. The van der Waals surface area contributed by atoms with Crippen LogP contribution in [0.3, 0.4) is 0 Å². The molecule has 0 aliphatic rings. The lowest BCUT2D eigenvalue weighted by Gasteiger charge is -2.14. The molecule has 37 heavy (non-hydrogen) atoms. The fraction of sp³-hybridized carbons (Fsp3) is 0.115. The van der Waals surface area contributed by atoms with Gasteiger partial charge in [-0.1, -0.05) is 34.1 Å². The number of hydrogen-bond acceptors (Lipinski definition) is 7. The van der Waals surface area contributed by atoms with Crippen molar-refractivity contribution in [2.45, 2.75) is 6.54 Å². The monoisotopic (exact) mass is 574 g/mol. The molecule has 0 unspecified atom stereocenters. The molecule has 3 heterocycles. The molecule has 3 N–H and O–H groups in total. The average Bonchev–Trinajstić information content (AvgIpc) is 3.29. The number of nitrogens with zero attached hydrogens (tertiary/aromatic N) is 5. The molecule has 0 bridgehead atoms. The predicted octanol–water partition coefficient (Wildman–Crippen LogP) is 5.62. The lowest BCUT2D eigenvalue weighted by molar-refractivity contribution is 0.417. The summed E-state index contributed by atoms with van der Waals surface area (Å²) in [6.07, 6.45) is 5.34. The number of pyridine rings is 1. The van der Waals surface area contributed by atoms with Crippen molar-refractivity contribution in [2.75, 3.05) is 23.1 Å². The van der Waals surface area contributed by atoms with Crippen molar-refractivity contribution < 1.29 is 4.74 Å². The highest BCUT2D eigenvalue weighted by molar-refractivity contribution is 9.10. The maximum atomic E-state index is 5.55. The molecule has 5 rings (SSSR count). The van der Waals surface area contributed by atoms with E-state index in [1.54, 1.807) is 24.2 Å². The highest BCUT2D eigenvalue weighted by atomic mass is 79.9. The summed E-state index contributed by atoms with van der Waals surface area (Å²) in [4.78, 5) is 13.8. The van der Waals surface area contributed by atoms with Crippen LogP contribution in [0.4, 0.5) is 17.2 Å². The second-order valence-corrected chi connectivity index (χ2v) is 9.44. The zero-order valence-corrected chi connectivity index (χ0v) is 22.5. The molecule has 0 aliphatic carbocycles. The lowest BCUT2D eigenvalue weighted by atomic mass is 10.2. The second-order valence-electron chi connectivity index (χ2n) is 8.12. The number of ether oxygens (including phenoxy) is 1. The number of fused-ring (bicyclic) bond motifs is 1. The number of aryl methyl sites for hydroxylation is 1. The van der Waals surface area contributed by atoms with E-state index in [0.29, 0.717) is 29.0 Å². The standard InChI is InChI=1S/C26H23BrN8OS/c1-35-25-20(15-30-35)24(29-14-16-5-4-10-28-13-16)33-23(34-25)17-6-3-7-19(11-17)31-26(37)32-21-12-18(27)8-9-22(21)36-2/h3-13,15H,14H2,1-2H3,(H,29,33,34)(H2,31,32,37). The third kappa shape index (κ3) is 5.68. The summed E-state index contributed by atoms with van der Waals surface area (Å²) in [5.74, 6) is 1.96. The molecule has 0 radical (unpaired) electrons. The highest BCUT2D eigenvalue weighted by Gasteiger charge is 2.14. The van der Waals surface area contributed by atoms with Crippen molar-refractivity contribution >= 4 is 61.5 Å². The van der Waals surface area contributed by atoms with Gasteiger partial charge < -0.3 is 20.7 Å². The molecule has 0 spiro atoms. The van der Waals surface area contributed by atoms with Crippen LogP contribution >= 0.6 is 28.1 Å². The highest BCUT2D eigenvalue weighted by Crippen LogP contribution is 2.29. The molecule has 0 aliphatic heterocycles. The van der Waals surface area contributed by atoms with Gasteiger partial charge in [-0.25, -0.2) is 9.97 Å². The van der Waals surface area contributed by atoms with Crippen LogP contribution in [0.25, 0.3) is 22.4 Å². The summed E-state index contributed by atoms with van der Waals surface area (Å²) >= 11 is 9.03. The molecule has 186 valence electrons. The summed E-state index contributed by atoms with van der Waals surface area (Å²) in [5.41, 5.74) is 4.16. The summed E-state index contributed by atoms with van der Waals surface area (Å²) in [5, 5.41) is 15.5. The van der Waals surface area contributed by atoms with Crippen LogP contribution in [0.1, 0.15) is 5.56 Å². The molecule has 9 nitrogen and oxygen atoms in total. The van der Waals surface area contributed by atoms with Gasteiger partial charge in [-0.3, -0.25) is 9.67 Å². The molecular formula is C26H23BrN8OS. The first-order chi connectivity index (χ1) is 18.0. The Morgan fingerprint density at radius 1 is 1.05 bits per heavy atom. The topological polar surface area (TPSA) is 102 Å². The van der Waals surface area contributed by atoms with E-state index in [1.807, 2.05) is 67.8 Å². The van der Waals surface area contributed by atoms with E-state index in [-0.39, 0.29) is 0 Å². The molecule has 5 aromatic rings. The maximum absolute atomic E-state index is 5.55. The van der Waals surface area contributed by atoms with Crippen molar-refractivity contribution in [3.8, 4) is 17.1 Å². The van der Waals surface area contributed by atoms with Crippen molar-refractivity contribution in [3.05, 3.63) is 83.2 Å². The van der Waals surface area contributed by atoms with Crippen LogP contribution in [0.5, 0.6) is 5.75 Å². The van der Waals surface area contributed by atoms with Crippen LogP contribution in [0, 0.1) is 0 Å². The minimum Gasteiger partial charge on any atom is -0.495 e. The summed E-state index contributed by atoms with van der Waals surface area (Å²) in [7, 11) is 3.48. The van der Waals surface area contributed by atoms with Gasteiger partial charge in [0.05, 0.1) is 24.4 Å². The third-order valence-electron chi connectivity index (χ3n) is 5.56. The van der Waals surface area contributed by atoms with Crippen molar-refractivity contribution in [1.82, 2.24) is 24.7 Å². The largest absolute Gasteiger partial charge is 0.495 e. The van der Waals surface area contributed by atoms with Crippen LogP contribution in [-0.2, 0) is 13.6 Å². The van der Waals surface area contributed by atoms with Gasteiger partial charge in [-0.15, -0.1) is 0 Å². The van der Waals surface area contributed by atoms with E-state index in [4.69, 9.17) is 26.9 Å². The summed E-state index contributed by atoms with van der Waals surface area (Å²) in [6, 6.07) is 17.4. The third-order valence-corrected chi connectivity index (χ3v) is 6.26. The average molecular weight is 575 g/mol. The number of anilines is 3. The number of rotatable bonds is 7.